The lowest BCUT2D eigenvalue weighted by molar-refractivity contribution is 0.175. The van der Waals surface area contributed by atoms with E-state index in [2.05, 4.69) is 14.9 Å². The van der Waals surface area contributed by atoms with Crippen LogP contribution in [0.2, 0.25) is 0 Å². The molecule has 0 aliphatic carbocycles. The number of pyridine rings is 1. The largest absolute Gasteiger partial charge is 0.441 e. The zero-order valence-corrected chi connectivity index (χ0v) is 16.0. The number of aryl methyl sites for hydroxylation is 1. The van der Waals surface area contributed by atoms with Crippen molar-refractivity contribution in [2.24, 2.45) is 5.92 Å². The third-order valence-corrected chi connectivity index (χ3v) is 5.42. The highest BCUT2D eigenvalue weighted by Crippen LogP contribution is 2.26. The molecule has 28 heavy (non-hydrogen) atoms. The molecular weight excluding hydrogens is 357 g/mol. The molecule has 4 rings (SSSR count). The average Bonchev–Trinajstić information content (AvgIpc) is 3.06. The van der Waals surface area contributed by atoms with E-state index in [0.29, 0.717) is 17.4 Å². The van der Waals surface area contributed by atoms with Crippen molar-refractivity contribution in [3.63, 3.8) is 0 Å². The third-order valence-electron chi connectivity index (χ3n) is 5.42. The first kappa shape index (κ1) is 18.6. The Balaban J connectivity index is 1.35. The Kier molecular flexibility index (Phi) is 5.39. The van der Waals surface area contributed by atoms with Gasteiger partial charge in [0.05, 0.1) is 5.69 Å². The van der Waals surface area contributed by atoms with Crippen molar-refractivity contribution in [3.05, 3.63) is 75.8 Å². The summed E-state index contributed by atoms with van der Waals surface area (Å²) in [6.45, 7) is 4.68. The summed E-state index contributed by atoms with van der Waals surface area (Å²) in [7, 11) is 0. The van der Waals surface area contributed by atoms with E-state index in [0.717, 1.165) is 50.4 Å². The van der Waals surface area contributed by atoms with Gasteiger partial charge in [0.25, 0.3) is 0 Å². The van der Waals surface area contributed by atoms with Gasteiger partial charge in [0, 0.05) is 24.4 Å². The Bertz CT molecular complexity index is 983. The standard InChI is InChI=1S/C22H24FN3O2/c1-15-20(25-22(28-15)18-3-2-4-19(23)12-18)14-26-9-7-16(8-10-26)11-17-5-6-21(27)24-13-17/h2-6,12-13,16H,7-11,14H2,1H3,(H,24,27). The summed E-state index contributed by atoms with van der Waals surface area (Å²) in [5.74, 6) is 1.59. The van der Waals surface area contributed by atoms with Crippen LogP contribution in [0.15, 0.2) is 51.8 Å². The van der Waals surface area contributed by atoms with E-state index in [4.69, 9.17) is 4.42 Å². The van der Waals surface area contributed by atoms with Crippen LogP contribution in [-0.2, 0) is 13.0 Å². The number of aromatic amines is 1. The highest BCUT2D eigenvalue weighted by molar-refractivity contribution is 5.53. The Morgan fingerprint density at radius 1 is 1.25 bits per heavy atom. The molecule has 0 bridgehead atoms. The summed E-state index contributed by atoms with van der Waals surface area (Å²) >= 11 is 0. The Morgan fingerprint density at radius 2 is 2.07 bits per heavy atom. The second kappa shape index (κ2) is 8.10. The van der Waals surface area contributed by atoms with Crippen LogP contribution in [0.1, 0.15) is 29.9 Å². The predicted molar refractivity (Wildman–Crippen MR) is 105 cm³/mol. The highest BCUT2D eigenvalue weighted by atomic mass is 19.1. The predicted octanol–water partition coefficient (Wildman–Crippen LogP) is 3.93. The molecule has 0 spiro atoms. The van der Waals surface area contributed by atoms with Gasteiger partial charge in [0.1, 0.15) is 11.6 Å². The fourth-order valence-corrected chi connectivity index (χ4v) is 3.78. The maximum atomic E-state index is 13.5. The van der Waals surface area contributed by atoms with Crippen molar-refractivity contribution in [1.82, 2.24) is 14.9 Å². The third kappa shape index (κ3) is 4.39. The number of benzene rings is 1. The molecule has 1 N–H and O–H groups in total. The topological polar surface area (TPSA) is 62.1 Å². The smallest absolute Gasteiger partial charge is 0.247 e. The van der Waals surface area contributed by atoms with Crippen molar-refractivity contribution < 1.29 is 8.81 Å². The molecule has 0 unspecified atom stereocenters. The lowest BCUT2D eigenvalue weighted by atomic mass is 9.90. The van der Waals surface area contributed by atoms with Crippen LogP contribution in [-0.4, -0.2) is 28.0 Å². The van der Waals surface area contributed by atoms with Gasteiger partial charge in [-0.2, -0.15) is 0 Å². The molecular formula is C22H24FN3O2. The lowest BCUT2D eigenvalue weighted by Crippen LogP contribution is -2.34. The van der Waals surface area contributed by atoms with Crippen molar-refractivity contribution in [2.75, 3.05) is 13.1 Å². The molecule has 0 atom stereocenters. The van der Waals surface area contributed by atoms with E-state index in [1.807, 2.05) is 19.2 Å². The maximum Gasteiger partial charge on any atom is 0.247 e. The second-order valence-corrected chi connectivity index (χ2v) is 7.52. The van der Waals surface area contributed by atoms with Gasteiger partial charge in [-0.15, -0.1) is 0 Å². The first-order valence-corrected chi connectivity index (χ1v) is 9.69. The van der Waals surface area contributed by atoms with Crippen molar-refractivity contribution in [1.29, 1.82) is 0 Å². The number of aromatic nitrogens is 2. The summed E-state index contributed by atoms with van der Waals surface area (Å²) in [6, 6.07) is 9.83. The van der Waals surface area contributed by atoms with E-state index >= 15 is 0 Å². The van der Waals surface area contributed by atoms with Gasteiger partial charge < -0.3 is 9.40 Å². The number of nitrogens with one attached hydrogen (secondary N) is 1. The van der Waals surface area contributed by atoms with Crippen molar-refractivity contribution in [3.8, 4) is 11.5 Å². The van der Waals surface area contributed by atoms with Crippen LogP contribution in [0.4, 0.5) is 4.39 Å². The number of piperidine rings is 1. The van der Waals surface area contributed by atoms with Gasteiger partial charge >= 0.3 is 0 Å². The SMILES string of the molecule is Cc1oc(-c2cccc(F)c2)nc1CN1CCC(Cc2ccc(=O)[nH]c2)CC1. The summed E-state index contributed by atoms with van der Waals surface area (Å²) in [5.41, 5.74) is 2.71. The van der Waals surface area contributed by atoms with Crippen LogP contribution in [0.25, 0.3) is 11.5 Å². The minimum Gasteiger partial charge on any atom is -0.441 e. The molecule has 2 aromatic heterocycles. The fourth-order valence-electron chi connectivity index (χ4n) is 3.78. The molecule has 3 heterocycles. The van der Waals surface area contributed by atoms with Gasteiger partial charge in [0.15, 0.2) is 0 Å². The van der Waals surface area contributed by atoms with Crippen LogP contribution in [0.5, 0.6) is 0 Å². The molecule has 1 fully saturated rings. The number of rotatable bonds is 5. The van der Waals surface area contributed by atoms with Gasteiger partial charge in [-0.05, 0) is 69.0 Å². The summed E-state index contributed by atoms with van der Waals surface area (Å²) in [4.78, 5) is 20.9. The van der Waals surface area contributed by atoms with E-state index in [1.165, 1.54) is 17.7 Å². The van der Waals surface area contributed by atoms with E-state index in [1.54, 1.807) is 18.2 Å². The average molecular weight is 381 g/mol. The number of halogens is 1. The van der Waals surface area contributed by atoms with Crippen LogP contribution >= 0.6 is 0 Å². The Hall–Kier alpha value is -2.73. The molecule has 5 nitrogen and oxygen atoms in total. The van der Waals surface area contributed by atoms with Crippen molar-refractivity contribution in [2.45, 2.75) is 32.7 Å². The van der Waals surface area contributed by atoms with Gasteiger partial charge in [-0.25, -0.2) is 9.37 Å². The van der Waals surface area contributed by atoms with E-state index in [9.17, 15) is 9.18 Å². The molecule has 0 radical (unpaired) electrons. The molecule has 1 aliphatic rings. The van der Waals surface area contributed by atoms with E-state index in [-0.39, 0.29) is 11.4 Å². The first-order valence-electron chi connectivity index (χ1n) is 9.69. The molecule has 0 amide bonds. The van der Waals surface area contributed by atoms with Crippen LogP contribution < -0.4 is 5.56 Å². The zero-order valence-electron chi connectivity index (χ0n) is 16.0. The summed E-state index contributed by atoms with van der Waals surface area (Å²) in [5, 5.41) is 0. The number of oxazole rings is 1. The van der Waals surface area contributed by atoms with E-state index < -0.39 is 0 Å². The van der Waals surface area contributed by atoms with Crippen LogP contribution in [0.3, 0.4) is 0 Å². The molecule has 1 aliphatic heterocycles. The minimum atomic E-state index is -0.292. The zero-order chi connectivity index (χ0) is 19.5. The van der Waals surface area contributed by atoms with Gasteiger partial charge in [-0.3, -0.25) is 9.69 Å². The lowest BCUT2D eigenvalue weighted by Gasteiger charge is -2.31. The Labute approximate surface area is 163 Å². The Morgan fingerprint density at radius 3 is 2.79 bits per heavy atom. The molecule has 3 aromatic rings. The number of nitrogens with zero attached hydrogens (tertiary/aromatic N) is 2. The normalized spacial score (nSPS) is 15.8. The molecule has 0 saturated carbocycles. The number of likely N-dealkylation sites (tertiary alicyclic amines) is 1. The highest BCUT2D eigenvalue weighted by Gasteiger charge is 2.22. The number of H-pyrrole nitrogens is 1. The molecule has 1 saturated heterocycles. The fraction of sp³-hybridized carbons (Fsp3) is 0.364. The van der Waals surface area contributed by atoms with Gasteiger partial charge in [0.2, 0.25) is 11.4 Å². The number of hydrogen-bond donors (Lipinski definition) is 1. The molecule has 146 valence electrons. The molecule has 1 aromatic carbocycles. The van der Waals surface area contributed by atoms with Gasteiger partial charge in [-0.1, -0.05) is 12.1 Å². The quantitative estimate of drug-likeness (QED) is 0.727. The monoisotopic (exact) mass is 381 g/mol. The summed E-state index contributed by atoms with van der Waals surface area (Å²) in [6.07, 6.45) is 5.05. The summed E-state index contributed by atoms with van der Waals surface area (Å²) < 4.78 is 19.2. The number of hydrogen-bond acceptors (Lipinski definition) is 4. The van der Waals surface area contributed by atoms with Crippen molar-refractivity contribution >= 4 is 0 Å². The minimum absolute atomic E-state index is 0.0563. The molecule has 6 heteroatoms. The second-order valence-electron chi connectivity index (χ2n) is 7.52. The van der Waals surface area contributed by atoms with Crippen LogP contribution in [0, 0.1) is 18.7 Å². The maximum absolute atomic E-state index is 13.5. The first-order chi connectivity index (χ1) is 13.6.